The minimum absolute atomic E-state index is 0.0494. The molecule has 0 bridgehead atoms. The lowest BCUT2D eigenvalue weighted by atomic mass is 10.0. The monoisotopic (exact) mass is 367 g/mol. The Labute approximate surface area is 161 Å². The van der Waals surface area contributed by atoms with E-state index < -0.39 is 0 Å². The second-order valence-electron chi connectivity index (χ2n) is 7.15. The molecule has 144 valence electrons. The van der Waals surface area contributed by atoms with Gasteiger partial charge in [-0.1, -0.05) is 30.3 Å². The van der Waals surface area contributed by atoms with E-state index in [2.05, 4.69) is 49.7 Å². The highest BCUT2D eigenvalue weighted by atomic mass is 16.1. The largest absolute Gasteiger partial charge is 0.353 e. The molecular weight excluding hydrogens is 338 g/mol. The number of nitrogens with one attached hydrogen (secondary N) is 2. The number of hydrogen-bond acceptors (Lipinski definition) is 5. The van der Waals surface area contributed by atoms with Gasteiger partial charge in [-0.3, -0.25) is 4.79 Å². The number of benzene rings is 1. The van der Waals surface area contributed by atoms with Crippen LogP contribution in [0.3, 0.4) is 0 Å². The molecular formula is C21H29N5O. The number of rotatable bonds is 7. The first kappa shape index (κ1) is 19.3. The van der Waals surface area contributed by atoms with E-state index in [1.54, 1.807) is 6.20 Å². The molecule has 6 nitrogen and oxygen atoms in total. The SMILES string of the molecule is CN(C)CCCNC(=O)c1cccnc1N1CCN[C@@H](c2ccccc2)C1. The molecule has 2 aromatic rings. The first-order chi connectivity index (χ1) is 13.1. The highest BCUT2D eigenvalue weighted by Gasteiger charge is 2.24. The van der Waals surface area contributed by atoms with Gasteiger partial charge in [0.2, 0.25) is 0 Å². The van der Waals surface area contributed by atoms with E-state index >= 15 is 0 Å². The van der Waals surface area contributed by atoms with Gasteiger partial charge in [0.15, 0.2) is 0 Å². The zero-order valence-corrected chi connectivity index (χ0v) is 16.2. The van der Waals surface area contributed by atoms with Crippen LogP contribution in [0.1, 0.15) is 28.4 Å². The fourth-order valence-corrected chi connectivity index (χ4v) is 3.37. The van der Waals surface area contributed by atoms with Crippen molar-refractivity contribution < 1.29 is 4.79 Å². The van der Waals surface area contributed by atoms with Crippen LogP contribution >= 0.6 is 0 Å². The highest BCUT2D eigenvalue weighted by molar-refractivity contribution is 5.98. The minimum atomic E-state index is -0.0494. The molecule has 1 atom stereocenters. The average Bonchev–Trinajstić information content (AvgIpc) is 2.71. The van der Waals surface area contributed by atoms with Gasteiger partial charge in [-0.05, 0) is 44.8 Å². The number of nitrogens with zero attached hydrogens (tertiary/aromatic N) is 3. The molecule has 6 heteroatoms. The van der Waals surface area contributed by atoms with Crippen molar-refractivity contribution in [3.63, 3.8) is 0 Å². The molecule has 1 saturated heterocycles. The van der Waals surface area contributed by atoms with Gasteiger partial charge in [-0.2, -0.15) is 0 Å². The van der Waals surface area contributed by atoms with Crippen molar-refractivity contribution in [2.75, 3.05) is 51.7 Å². The summed E-state index contributed by atoms with van der Waals surface area (Å²) in [5.41, 5.74) is 1.91. The van der Waals surface area contributed by atoms with Crippen molar-refractivity contribution in [1.29, 1.82) is 0 Å². The van der Waals surface area contributed by atoms with E-state index in [4.69, 9.17) is 0 Å². The number of carbonyl (C=O) groups is 1. The van der Waals surface area contributed by atoms with Gasteiger partial charge in [0.05, 0.1) is 5.56 Å². The molecule has 3 rings (SSSR count). The van der Waals surface area contributed by atoms with Crippen LogP contribution in [0, 0.1) is 0 Å². The number of carbonyl (C=O) groups excluding carboxylic acids is 1. The molecule has 1 aliphatic rings. The molecule has 2 heterocycles. The zero-order valence-electron chi connectivity index (χ0n) is 16.2. The molecule has 0 radical (unpaired) electrons. The molecule has 1 amide bonds. The van der Waals surface area contributed by atoms with Crippen molar-refractivity contribution in [3.05, 3.63) is 59.8 Å². The Morgan fingerprint density at radius 2 is 2.07 bits per heavy atom. The van der Waals surface area contributed by atoms with Crippen LogP contribution in [0.15, 0.2) is 48.7 Å². The smallest absolute Gasteiger partial charge is 0.255 e. The van der Waals surface area contributed by atoms with Crippen molar-refractivity contribution in [2.45, 2.75) is 12.5 Å². The summed E-state index contributed by atoms with van der Waals surface area (Å²) in [6.45, 7) is 4.11. The Kier molecular flexibility index (Phi) is 6.79. The number of amides is 1. The molecule has 1 aliphatic heterocycles. The standard InChI is InChI=1S/C21H29N5O/c1-25(2)14-7-12-24-21(27)18-10-6-11-23-20(18)26-15-13-22-19(16-26)17-8-4-3-5-9-17/h3-6,8-11,19,22H,7,12-16H2,1-2H3,(H,24,27)/t19-/m1/s1. The summed E-state index contributed by atoms with van der Waals surface area (Å²) >= 11 is 0. The van der Waals surface area contributed by atoms with Crippen LogP contribution in [0.25, 0.3) is 0 Å². The first-order valence-corrected chi connectivity index (χ1v) is 9.56. The number of piperazine rings is 1. The Morgan fingerprint density at radius 1 is 1.26 bits per heavy atom. The summed E-state index contributed by atoms with van der Waals surface area (Å²) in [6.07, 6.45) is 2.69. The lowest BCUT2D eigenvalue weighted by Gasteiger charge is -2.35. The third kappa shape index (κ3) is 5.28. The molecule has 0 aliphatic carbocycles. The topological polar surface area (TPSA) is 60.5 Å². The lowest BCUT2D eigenvalue weighted by Crippen LogP contribution is -2.47. The van der Waals surface area contributed by atoms with Crippen molar-refractivity contribution in [2.24, 2.45) is 0 Å². The fourth-order valence-electron chi connectivity index (χ4n) is 3.37. The molecule has 1 aromatic heterocycles. The van der Waals surface area contributed by atoms with Gasteiger partial charge in [0.1, 0.15) is 5.82 Å². The molecule has 1 fully saturated rings. The highest BCUT2D eigenvalue weighted by Crippen LogP contribution is 2.23. The summed E-state index contributed by atoms with van der Waals surface area (Å²) < 4.78 is 0. The molecule has 2 N–H and O–H groups in total. The molecule has 27 heavy (non-hydrogen) atoms. The Bertz CT molecular complexity index is 734. The van der Waals surface area contributed by atoms with Crippen LogP contribution < -0.4 is 15.5 Å². The fraction of sp³-hybridized carbons (Fsp3) is 0.429. The predicted molar refractivity (Wildman–Crippen MR) is 109 cm³/mol. The van der Waals surface area contributed by atoms with Gasteiger partial charge < -0.3 is 20.4 Å². The second kappa shape index (κ2) is 9.48. The van der Waals surface area contributed by atoms with Crippen LogP contribution in [-0.4, -0.2) is 62.6 Å². The number of anilines is 1. The summed E-state index contributed by atoms with van der Waals surface area (Å²) in [6, 6.07) is 14.3. The van der Waals surface area contributed by atoms with E-state index in [1.165, 1.54) is 5.56 Å². The number of hydrogen-bond donors (Lipinski definition) is 2. The molecule has 1 aromatic carbocycles. The lowest BCUT2D eigenvalue weighted by molar-refractivity contribution is 0.0952. The first-order valence-electron chi connectivity index (χ1n) is 9.56. The Morgan fingerprint density at radius 3 is 2.85 bits per heavy atom. The van der Waals surface area contributed by atoms with E-state index in [0.29, 0.717) is 12.1 Å². The van der Waals surface area contributed by atoms with Gasteiger partial charge in [0.25, 0.3) is 5.91 Å². The molecule has 0 spiro atoms. The van der Waals surface area contributed by atoms with Crippen LogP contribution in [-0.2, 0) is 0 Å². The normalized spacial score (nSPS) is 17.1. The van der Waals surface area contributed by atoms with Crippen molar-refractivity contribution in [3.8, 4) is 0 Å². The van der Waals surface area contributed by atoms with Crippen LogP contribution in [0.4, 0.5) is 5.82 Å². The van der Waals surface area contributed by atoms with E-state index in [1.807, 2.05) is 32.3 Å². The maximum Gasteiger partial charge on any atom is 0.255 e. The van der Waals surface area contributed by atoms with Crippen molar-refractivity contribution in [1.82, 2.24) is 20.5 Å². The van der Waals surface area contributed by atoms with E-state index in [0.717, 1.165) is 38.4 Å². The third-order valence-corrected chi connectivity index (χ3v) is 4.78. The zero-order chi connectivity index (χ0) is 19.1. The molecule has 0 unspecified atom stereocenters. The second-order valence-corrected chi connectivity index (χ2v) is 7.15. The summed E-state index contributed by atoms with van der Waals surface area (Å²) in [4.78, 5) is 21.6. The maximum absolute atomic E-state index is 12.7. The Hall–Kier alpha value is -2.44. The van der Waals surface area contributed by atoms with Gasteiger partial charge >= 0.3 is 0 Å². The molecule has 0 saturated carbocycles. The maximum atomic E-state index is 12.7. The van der Waals surface area contributed by atoms with Crippen LogP contribution in [0.5, 0.6) is 0 Å². The van der Waals surface area contributed by atoms with E-state index in [9.17, 15) is 4.79 Å². The van der Waals surface area contributed by atoms with Gasteiger partial charge in [-0.15, -0.1) is 0 Å². The summed E-state index contributed by atoms with van der Waals surface area (Å²) in [5.74, 6) is 0.719. The number of pyridine rings is 1. The minimum Gasteiger partial charge on any atom is -0.353 e. The number of aromatic nitrogens is 1. The average molecular weight is 367 g/mol. The Balaban J connectivity index is 1.68. The van der Waals surface area contributed by atoms with E-state index in [-0.39, 0.29) is 11.9 Å². The van der Waals surface area contributed by atoms with Gasteiger partial charge in [0, 0.05) is 38.4 Å². The van der Waals surface area contributed by atoms with Crippen LogP contribution in [0.2, 0.25) is 0 Å². The summed E-state index contributed by atoms with van der Waals surface area (Å²) in [7, 11) is 4.07. The quantitative estimate of drug-likeness (QED) is 0.732. The predicted octanol–water partition coefficient (Wildman–Crippen LogP) is 1.91. The summed E-state index contributed by atoms with van der Waals surface area (Å²) in [5, 5.41) is 6.59. The van der Waals surface area contributed by atoms with Crippen molar-refractivity contribution >= 4 is 11.7 Å². The van der Waals surface area contributed by atoms with Gasteiger partial charge in [-0.25, -0.2) is 4.98 Å². The third-order valence-electron chi connectivity index (χ3n) is 4.78.